The molecule has 1 fully saturated rings. The number of aliphatic carboxylic acids is 1. The average Bonchev–Trinajstić information content (AvgIpc) is 2.28. The highest BCUT2D eigenvalue weighted by Gasteiger charge is 2.23. The summed E-state index contributed by atoms with van der Waals surface area (Å²) in [6.45, 7) is 1.88. The van der Waals surface area contributed by atoms with Gasteiger partial charge in [0.1, 0.15) is 6.04 Å². The third-order valence-corrected chi connectivity index (χ3v) is 3.29. The minimum Gasteiger partial charge on any atom is -0.480 e. The molecule has 0 radical (unpaired) electrons. The van der Waals surface area contributed by atoms with Gasteiger partial charge >= 0.3 is 12.0 Å². The van der Waals surface area contributed by atoms with E-state index >= 15 is 0 Å². The van der Waals surface area contributed by atoms with Crippen LogP contribution in [0.3, 0.4) is 0 Å². The Balaban J connectivity index is 2.37. The van der Waals surface area contributed by atoms with Gasteiger partial charge < -0.3 is 20.8 Å². The SMILES string of the molecule is CC1CCCC(NC(=O)N[C@H](CCO)C(=O)O)C1. The van der Waals surface area contributed by atoms with Crippen LogP contribution < -0.4 is 10.6 Å². The molecule has 6 nitrogen and oxygen atoms in total. The minimum atomic E-state index is -1.13. The number of aliphatic hydroxyl groups is 1. The summed E-state index contributed by atoms with van der Waals surface area (Å²) < 4.78 is 0. The van der Waals surface area contributed by atoms with Crippen LogP contribution in [0.25, 0.3) is 0 Å². The molecule has 0 aromatic heterocycles. The monoisotopic (exact) mass is 258 g/mol. The van der Waals surface area contributed by atoms with Gasteiger partial charge in [0, 0.05) is 19.1 Å². The molecular formula is C12H22N2O4. The Labute approximate surface area is 107 Å². The van der Waals surface area contributed by atoms with Gasteiger partial charge in [-0.3, -0.25) is 0 Å². The van der Waals surface area contributed by atoms with E-state index in [1.807, 2.05) is 0 Å². The first kappa shape index (κ1) is 14.8. The van der Waals surface area contributed by atoms with E-state index in [4.69, 9.17) is 10.2 Å². The fraction of sp³-hybridized carbons (Fsp3) is 0.833. The lowest BCUT2D eigenvalue weighted by molar-refractivity contribution is -0.139. The molecule has 1 aliphatic rings. The molecule has 0 aromatic rings. The van der Waals surface area contributed by atoms with Gasteiger partial charge in [-0.15, -0.1) is 0 Å². The van der Waals surface area contributed by atoms with Crippen LogP contribution in [0.1, 0.15) is 39.0 Å². The van der Waals surface area contributed by atoms with E-state index in [0.29, 0.717) is 5.92 Å². The summed E-state index contributed by atoms with van der Waals surface area (Å²) in [7, 11) is 0. The second-order valence-electron chi connectivity index (χ2n) is 4.99. The van der Waals surface area contributed by atoms with E-state index in [9.17, 15) is 9.59 Å². The summed E-state index contributed by atoms with van der Waals surface area (Å²) in [5, 5.41) is 22.7. The fourth-order valence-electron chi connectivity index (χ4n) is 2.34. The second-order valence-corrected chi connectivity index (χ2v) is 4.99. The molecule has 0 saturated heterocycles. The summed E-state index contributed by atoms with van der Waals surface area (Å²) in [4.78, 5) is 22.5. The Morgan fingerprint density at radius 3 is 2.67 bits per heavy atom. The first-order valence-electron chi connectivity index (χ1n) is 6.43. The lowest BCUT2D eigenvalue weighted by atomic mass is 9.87. The van der Waals surface area contributed by atoms with Crippen molar-refractivity contribution in [3.8, 4) is 0 Å². The van der Waals surface area contributed by atoms with Gasteiger partial charge in [0.25, 0.3) is 0 Å². The number of aliphatic hydroxyl groups excluding tert-OH is 1. The fourth-order valence-corrected chi connectivity index (χ4v) is 2.34. The van der Waals surface area contributed by atoms with Crippen molar-refractivity contribution in [3.05, 3.63) is 0 Å². The number of urea groups is 1. The highest BCUT2D eigenvalue weighted by atomic mass is 16.4. The van der Waals surface area contributed by atoms with Crippen molar-refractivity contribution in [2.24, 2.45) is 5.92 Å². The maximum atomic E-state index is 11.6. The molecule has 2 unspecified atom stereocenters. The van der Waals surface area contributed by atoms with Crippen LogP contribution in [-0.2, 0) is 4.79 Å². The molecule has 0 spiro atoms. The Hall–Kier alpha value is -1.30. The summed E-state index contributed by atoms with van der Waals surface area (Å²) in [6, 6.07) is -1.37. The molecule has 0 aromatic carbocycles. The topological polar surface area (TPSA) is 98.7 Å². The van der Waals surface area contributed by atoms with Gasteiger partial charge in [0.05, 0.1) is 0 Å². The lowest BCUT2D eigenvalue weighted by Gasteiger charge is -2.28. The van der Waals surface area contributed by atoms with Crippen LogP contribution in [0.15, 0.2) is 0 Å². The summed E-state index contributed by atoms with van der Waals surface area (Å²) in [5.41, 5.74) is 0. The zero-order chi connectivity index (χ0) is 13.5. The molecule has 2 amide bonds. The van der Waals surface area contributed by atoms with Gasteiger partial charge in [-0.05, 0) is 18.8 Å². The molecular weight excluding hydrogens is 236 g/mol. The van der Waals surface area contributed by atoms with Crippen molar-refractivity contribution in [1.82, 2.24) is 10.6 Å². The van der Waals surface area contributed by atoms with Crippen LogP contribution in [-0.4, -0.2) is 40.9 Å². The zero-order valence-corrected chi connectivity index (χ0v) is 10.7. The number of nitrogens with one attached hydrogen (secondary N) is 2. The summed E-state index contributed by atoms with van der Waals surface area (Å²) >= 11 is 0. The number of rotatable bonds is 5. The van der Waals surface area contributed by atoms with Crippen molar-refractivity contribution in [2.75, 3.05) is 6.61 Å². The van der Waals surface area contributed by atoms with E-state index in [2.05, 4.69) is 17.6 Å². The van der Waals surface area contributed by atoms with Crippen molar-refractivity contribution in [3.63, 3.8) is 0 Å². The van der Waals surface area contributed by atoms with Crippen molar-refractivity contribution in [1.29, 1.82) is 0 Å². The predicted octanol–water partition coefficient (Wildman–Crippen LogP) is 0.700. The molecule has 0 heterocycles. The Morgan fingerprint density at radius 2 is 2.11 bits per heavy atom. The van der Waals surface area contributed by atoms with Gasteiger partial charge in [-0.25, -0.2) is 9.59 Å². The van der Waals surface area contributed by atoms with Gasteiger partial charge in [-0.2, -0.15) is 0 Å². The predicted molar refractivity (Wildman–Crippen MR) is 66.2 cm³/mol. The number of amides is 2. The second kappa shape index (κ2) is 7.20. The molecule has 3 atom stereocenters. The van der Waals surface area contributed by atoms with Crippen molar-refractivity contribution in [2.45, 2.75) is 51.1 Å². The van der Waals surface area contributed by atoms with Gasteiger partial charge in [-0.1, -0.05) is 19.8 Å². The van der Waals surface area contributed by atoms with Gasteiger partial charge in [0.2, 0.25) is 0 Å². The smallest absolute Gasteiger partial charge is 0.326 e. The molecule has 4 N–H and O–H groups in total. The Bertz CT molecular complexity index is 296. The highest BCUT2D eigenvalue weighted by Crippen LogP contribution is 2.23. The standard InChI is InChI=1S/C12H22N2O4/c1-8-3-2-4-9(7-8)13-12(18)14-10(5-6-15)11(16)17/h8-10,15H,2-7H2,1H3,(H,16,17)(H2,13,14,18)/t8?,9?,10-/m1/s1. The number of carboxylic acid groups (broad SMARTS) is 1. The summed E-state index contributed by atoms with van der Waals surface area (Å²) in [6.07, 6.45) is 4.16. The number of carboxylic acids is 1. The molecule has 6 heteroatoms. The van der Waals surface area contributed by atoms with Crippen molar-refractivity contribution < 1.29 is 19.8 Å². The summed E-state index contributed by atoms with van der Waals surface area (Å²) in [5.74, 6) is -0.534. The maximum Gasteiger partial charge on any atom is 0.326 e. The highest BCUT2D eigenvalue weighted by molar-refractivity contribution is 5.82. The Morgan fingerprint density at radius 1 is 1.39 bits per heavy atom. The molecule has 1 aliphatic carbocycles. The zero-order valence-electron chi connectivity index (χ0n) is 10.7. The lowest BCUT2D eigenvalue weighted by Crippen LogP contribution is -2.50. The maximum absolute atomic E-state index is 11.6. The van der Waals surface area contributed by atoms with Crippen LogP contribution in [0.2, 0.25) is 0 Å². The third-order valence-electron chi connectivity index (χ3n) is 3.29. The number of hydrogen-bond donors (Lipinski definition) is 4. The van der Waals surface area contributed by atoms with E-state index in [1.54, 1.807) is 0 Å². The largest absolute Gasteiger partial charge is 0.480 e. The Kier molecular flexibility index (Phi) is 5.91. The molecule has 18 heavy (non-hydrogen) atoms. The normalized spacial score (nSPS) is 25.2. The van der Waals surface area contributed by atoms with Crippen LogP contribution in [0.5, 0.6) is 0 Å². The van der Waals surface area contributed by atoms with E-state index in [-0.39, 0.29) is 19.1 Å². The first-order valence-corrected chi connectivity index (χ1v) is 6.43. The molecule has 0 aliphatic heterocycles. The average molecular weight is 258 g/mol. The molecule has 104 valence electrons. The number of carbonyl (C=O) groups excluding carboxylic acids is 1. The molecule has 1 rings (SSSR count). The third kappa shape index (κ3) is 4.91. The first-order chi connectivity index (χ1) is 8.52. The van der Waals surface area contributed by atoms with Crippen LogP contribution in [0.4, 0.5) is 4.79 Å². The van der Waals surface area contributed by atoms with E-state index in [1.165, 1.54) is 6.42 Å². The van der Waals surface area contributed by atoms with E-state index < -0.39 is 18.0 Å². The number of carbonyl (C=O) groups is 2. The van der Waals surface area contributed by atoms with E-state index in [0.717, 1.165) is 19.3 Å². The molecule has 1 saturated carbocycles. The quantitative estimate of drug-likeness (QED) is 0.583. The van der Waals surface area contributed by atoms with Crippen molar-refractivity contribution >= 4 is 12.0 Å². The van der Waals surface area contributed by atoms with Crippen LogP contribution >= 0.6 is 0 Å². The number of hydrogen-bond acceptors (Lipinski definition) is 3. The minimum absolute atomic E-state index is 0.0177. The van der Waals surface area contributed by atoms with Gasteiger partial charge in [0.15, 0.2) is 0 Å². The van der Waals surface area contributed by atoms with Crippen LogP contribution in [0, 0.1) is 5.92 Å². The molecule has 0 bridgehead atoms.